The van der Waals surface area contributed by atoms with Crippen LogP contribution in [0.5, 0.6) is 0 Å². The molecule has 0 aliphatic carbocycles. The lowest BCUT2D eigenvalue weighted by Gasteiger charge is -2.33. The van der Waals surface area contributed by atoms with Crippen LogP contribution in [0.2, 0.25) is 0 Å². The zero-order valence-electron chi connectivity index (χ0n) is 11.6. The van der Waals surface area contributed by atoms with E-state index in [2.05, 4.69) is 10.2 Å². The van der Waals surface area contributed by atoms with Gasteiger partial charge in [0.15, 0.2) is 0 Å². The molecule has 3 heterocycles. The van der Waals surface area contributed by atoms with E-state index in [4.69, 9.17) is 4.74 Å². The van der Waals surface area contributed by atoms with Crippen molar-refractivity contribution in [2.24, 2.45) is 0 Å². The first kappa shape index (κ1) is 12.9. The Balaban J connectivity index is 1.37. The van der Waals surface area contributed by atoms with Gasteiger partial charge < -0.3 is 10.1 Å². The van der Waals surface area contributed by atoms with Crippen molar-refractivity contribution in [3.8, 4) is 0 Å². The Morgan fingerprint density at radius 3 is 2.83 bits per heavy atom. The number of hydrogen-bond donors (Lipinski definition) is 1. The number of fused-ring (bicyclic) bond motifs is 1. The molecule has 1 N–H and O–H groups in total. The molecule has 0 bridgehead atoms. The number of rotatable bonds is 4. The van der Waals surface area contributed by atoms with Gasteiger partial charge in [-0.25, -0.2) is 0 Å². The summed E-state index contributed by atoms with van der Waals surface area (Å²) in [5.74, 6) is 0. The number of nitrogens with zero attached hydrogens (tertiary/aromatic N) is 1. The minimum Gasteiger partial charge on any atom is -0.378 e. The average molecular weight is 252 g/mol. The fraction of sp³-hybridized carbons (Fsp3) is 1.00. The van der Waals surface area contributed by atoms with Crippen LogP contribution in [0.25, 0.3) is 0 Å². The van der Waals surface area contributed by atoms with Crippen LogP contribution in [-0.4, -0.2) is 49.3 Å². The maximum atomic E-state index is 5.80. The Morgan fingerprint density at radius 1 is 1.00 bits per heavy atom. The third-order valence-electron chi connectivity index (χ3n) is 5.00. The first-order valence-electron chi connectivity index (χ1n) is 8.02. The van der Waals surface area contributed by atoms with Gasteiger partial charge in [-0.15, -0.1) is 0 Å². The van der Waals surface area contributed by atoms with Crippen molar-refractivity contribution in [1.82, 2.24) is 10.2 Å². The SMILES string of the molecule is C1CCC(CCNC2CCN3CCCCC23)OC1. The summed E-state index contributed by atoms with van der Waals surface area (Å²) in [7, 11) is 0. The third kappa shape index (κ3) is 3.06. The quantitative estimate of drug-likeness (QED) is 0.830. The molecule has 3 unspecified atom stereocenters. The van der Waals surface area contributed by atoms with Gasteiger partial charge in [-0.1, -0.05) is 6.42 Å². The smallest absolute Gasteiger partial charge is 0.0587 e. The van der Waals surface area contributed by atoms with Gasteiger partial charge >= 0.3 is 0 Å². The predicted octanol–water partition coefficient (Wildman–Crippen LogP) is 2.16. The van der Waals surface area contributed by atoms with Crippen LogP contribution >= 0.6 is 0 Å². The molecule has 3 fully saturated rings. The lowest BCUT2D eigenvalue weighted by atomic mass is 9.99. The van der Waals surface area contributed by atoms with E-state index in [1.165, 1.54) is 64.5 Å². The van der Waals surface area contributed by atoms with Crippen molar-refractivity contribution in [3.63, 3.8) is 0 Å². The molecule has 104 valence electrons. The first-order valence-corrected chi connectivity index (χ1v) is 8.02. The second-order valence-electron chi connectivity index (χ2n) is 6.23. The maximum Gasteiger partial charge on any atom is 0.0587 e. The molecule has 3 nitrogen and oxygen atoms in total. The van der Waals surface area contributed by atoms with E-state index < -0.39 is 0 Å². The average Bonchev–Trinajstić information content (AvgIpc) is 2.84. The topological polar surface area (TPSA) is 24.5 Å². The van der Waals surface area contributed by atoms with Gasteiger partial charge in [0.05, 0.1) is 6.10 Å². The Hall–Kier alpha value is -0.120. The maximum absolute atomic E-state index is 5.80. The van der Waals surface area contributed by atoms with Crippen LogP contribution in [0.4, 0.5) is 0 Å². The molecule has 3 aliphatic rings. The molecule has 0 saturated carbocycles. The van der Waals surface area contributed by atoms with Crippen LogP contribution in [0, 0.1) is 0 Å². The van der Waals surface area contributed by atoms with Crippen molar-refractivity contribution < 1.29 is 4.74 Å². The molecule has 0 amide bonds. The summed E-state index contributed by atoms with van der Waals surface area (Å²) in [4.78, 5) is 2.71. The zero-order valence-corrected chi connectivity index (χ0v) is 11.6. The van der Waals surface area contributed by atoms with Gasteiger partial charge in [-0.2, -0.15) is 0 Å². The second kappa shape index (κ2) is 6.36. The van der Waals surface area contributed by atoms with Gasteiger partial charge in [-0.05, 0) is 58.0 Å². The molecular weight excluding hydrogens is 224 g/mol. The molecule has 3 atom stereocenters. The van der Waals surface area contributed by atoms with E-state index in [0.29, 0.717) is 6.10 Å². The van der Waals surface area contributed by atoms with E-state index in [1.807, 2.05) is 0 Å². The highest BCUT2D eigenvalue weighted by atomic mass is 16.5. The van der Waals surface area contributed by atoms with E-state index in [-0.39, 0.29) is 0 Å². The number of ether oxygens (including phenoxy) is 1. The van der Waals surface area contributed by atoms with Crippen LogP contribution in [0.3, 0.4) is 0 Å². The Morgan fingerprint density at radius 2 is 1.94 bits per heavy atom. The highest BCUT2D eigenvalue weighted by molar-refractivity contribution is 4.93. The number of nitrogens with one attached hydrogen (secondary N) is 1. The van der Waals surface area contributed by atoms with E-state index in [0.717, 1.165) is 25.2 Å². The molecule has 18 heavy (non-hydrogen) atoms. The standard InChI is InChI=1S/C15H28N2O/c1-3-10-17-11-8-14(15(17)6-1)16-9-7-13-5-2-4-12-18-13/h13-16H,1-12H2. The summed E-state index contributed by atoms with van der Waals surface area (Å²) >= 11 is 0. The largest absolute Gasteiger partial charge is 0.378 e. The molecule has 0 spiro atoms. The minimum absolute atomic E-state index is 0.537. The fourth-order valence-electron chi connectivity index (χ4n) is 3.95. The molecule has 3 heteroatoms. The minimum atomic E-state index is 0.537. The normalized spacial score (nSPS) is 37.7. The zero-order chi connectivity index (χ0) is 12.2. The van der Waals surface area contributed by atoms with Gasteiger partial charge in [0.1, 0.15) is 0 Å². The fourth-order valence-corrected chi connectivity index (χ4v) is 3.95. The van der Waals surface area contributed by atoms with Crippen molar-refractivity contribution in [2.45, 2.75) is 69.6 Å². The highest BCUT2D eigenvalue weighted by Crippen LogP contribution is 2.27. The first-order chi connectivity index (χ1) is 8.93. The van der Waals surface area contributed by atoms with Gasteiger partial charge in [0, 0.05) is 25.2 Å². The van der Waals surface area contributed by atoms with Crippen LogP contribution in [0.1, 0.15) is 51.4 Å². The molecule has 0 radical (unpaired) electrons. The van der Waals surface area contributed by atoms with Crippen molar-refractivity contribution in [2.75, 3.05) is 26.2 Å². The van der Waals surface area contributed by atoms with Gasteiger partial charge in [0.25, 0.3) is 0 Å². The Labute approximate surface area is 111 Å². The predicted molar refractivity (Wildman–Crippen MR) is 73.8 cm³/mol. The third-order valence-corrected chi connectivity index (χ3v) is 5.00. The van der Waals surface area contributed by atoms with Crippen molar-refractivity contribution >= 4 is 0 Å². The second-order valence-corrected chi connectivity index (χ2v) is 6.23. The molecular formula is C15H28N2O. The summed E-state index contributed by atoms with van der Waals surface area (Å²) in [5, 5.41) is 3.81. The molecule has 0 aromatic carbocycles. The molecule has 0 aromatic rings. The van der Waals surface area contributed by atoms with Gasteiger partial charge in [-0.3, -0.25) is 4.90 Å². The molecule has 3 rings (SSSR count). The molecule has 3 aliphatic heterocycles. The molecule has 3 saturated heterocycles. The van der Waals surface area contributed by atoms with E-state index in [9.17, 15) is 0 Å². The number of hydrogen-bond acceptors (Lipinski definition) is 3. The van der Waals surface area contributed by atoms with Crippen LogP contribution in [-0.2, 0) is 4.74 Å². The monoisotopic (exact) mass is 252 g/mol. The summed E-state index contributed by atoms with van der Waals surface area (Å²) in [6, 6.07) is 1.60. The van der Waals surface area contributed by atoms with Crippen LogP contribution < -0.4 is 5.32 Å². The van der Waals surface area contributed by atoms with E-state index in [1.54, 1.807) is 0 Å². The molecule has 0 aromatic heterocycles. The van der Waals surface area contributed by atoms with Crippen molar-refractivity contribution in [1.29, 1.82) is 0 Å². The van der Waals surface area contributed by atoms with Crippen LogP contribution in [0.15, 0.2) is 0 Å². The number of piperidine rings is 1. The van der Waals surface area contributed by atoms with Gasteiger partial charge in [0.2, 0.25) is 0 Å². The van der Waals surface area contributed by atoms with Crippen molar-refractivity contribution in [3.05, 3.63) is 0 Å². The lowest BCUT2D eigenvalue weighted by Crippen LogP contribution is -2.45. The highest BCUT2D eigenvalue weighted by Gasteiger charge is 2.34. The summed E-state index contributed by atoms with van der Waals surface area (Å²) in [5.41, 5.74) is 0. The van der Waals surface area contributed by atoms with E-state index >= 15 is 0 Å². The Kier molecular flexibility index (Phi) is 4.55. The summed E-state index contributed by atoms with van der Waals surface area (Å²) < 4.78 is 5.80. The Bertz CT molecular complexity index is 253. The summed E-state index contributed by atoms with van der Waals surface area (Å²) in [6.07, 6.45) is 11.3. The summed E-state index contributed by atoms with van der Waals surface area (Å²) in [6.45, 7) is 4.81. The lowest BCUT2D eigenvalue weighted by molar-refractivity contribution is 0.0109.